The zero-order valence-corrected chi connectivity index (χ0v) is 17.7. The van der Waals surface area contributed by atoms with Crippen LogP contribution in [0.5, 0.6) is 0 Å². The SMILES string of the molecule is Nc1n[nH]c2cc(Cn3c(C(=O)O)c(-c4ccc[nH]c4=O)c4c5occc5c(F)cc43)c(F)cc12. The first kappa shape index (κ1) is 20.7. The van der Waals surface area contributed by atoms with Crippen molar-refractivity contribution >= 4 is 44.6 Å². The Hall–Kier alpha value is -4.93. The summed E-state index contributed by atoms with van der Waals surface area (Å²) in [7, 11) is 0. The summed E-state index contributed by atoms with van der Waals surface area (Å²) in [4.78, 5) is 27.8. The van der Waals surface area contributed by atoms with E-state index in [2.05, 4.69) is 15.2 Å². The van der Waals surface area contributed by atoms with Gasteiger partial charge in [0.15, 0.2) is 5.82 Å². The summed E-state index contributed by atoms with van der Waals surface area (Å²) in [6.45, 7) is -0.283. The number of hydrogen-bond donors (Lipinski definition) is 4. The Morgan fingerprint density at radius 1 is 1.17 bits per heavy atom. The van der Waals surface area contributed by atoms with Crippen molar-refractivity contribution in [2.24, 2.45) is 0 Å². The Kier molecular flexibility index (Phi) is 4.30. The molecule has 9 nitrogen and oxygen atoms in total. The summed E-state index contributed by atoms with van der Waals surface area (Å²) in [5, 5.41) is 17.5. The zero-order valence-electron chi connectivity index (χ0n) is 17.7. The summed E-state index contributed by atoms with van der Waals surface area (Å²) in [5.41, 5.74) is 5.75. The molecule has 0 atom stereocenters. The zero-order chi connectivity index (χ0) is 24.4. The third-order valence-electron chi connectivity index (χ3n) is 6.09. The number of nitrogens with zero attached hydrogens (tertiary/aromatic N) is 2. The van der Waals surface area contributed by atoms with Gasteiger partial charge in [0.1, 0.15) is 22.9 Å². The van der Waals surface area contributed by atoms with Crippen molar-refractivity contribution in [3.63, 3.8) is 0 Å². The van der Waals surface area contributed by atoms with Crippen LogP contribution in [0, 0.1) is 11.6 Å². The highest BCUT2D eigenvalue weighted by Gasteiger charge is 2.29. The molecule has 35 heavy (non-hydrogen) atoms. The number of nitrogen functional groups attached to an aromatic ring is 1. The molecule has 0 spiro atoms. The van der Waals surface area contributed by atoms with Gasteiger partial charge in [0.2, 0.25) is 0 Å². The second kappa shape index (κ2) is 7.29. The number of anilines is 1. The fourth-order valence-electron chi connectivity index (χ4n) is 4.57. The van der Waals surface area contributed by atoms with E-state index in [1.807, 2.05) is 0 Å². The van der Waals surface area contributed by atoms with Gasteiger partial charge in [-0.2, -0.15) is 5.10 Å². The molecule has 0 saturated heterocycles. The number of carboxylic acids is 1. The van der Waals surface area contributed by atoms with E-state index >= 15 is 4.39 Å². The van der Waals surface area contributed by atoms with Crippen LogP contribution in [0.4, 0.5) is 14.6 Å². The van der Waals surface area contributed by atoms with Gasteiger partial charge < -0.3 is 24.8 Å². The molecule has 0 amide bonds. The Morgan fingerprint density at radius 2 is 2.00 bits per heavy atom. The molecule has 4 heterocycles. The lowest BCUT2D eigenvalue weighted by atomic mass is 10.0. The lowest BCUT2D eigenvalue weighted by molar-refractivity contribution is 0.0687. The Balaban J connectivity index is 1.73. The number of benzene rings is 2. The van der Waals surface area contributed by atoms with Crippen molar-refractivity contribution in [3.8, 4) is 11.1 Å². The summed E-state index contributed by atoms with van der Waals surface area (Å²) in [6, 6.07) is 8.24. The molecular formula is C24H15F2N5O4. The monoisotopic (exact) mass is 475 g/mol. The fraction of sp³-hybridized carbons (Fsp3) is 0.0417. The Labute approximate surface area is 193 Å². The van der Waals surface area contributed by atoms with E-state index in [1.165, 1.54) is 41.3 Å². The van der Waals surface area contributed by atoms with Crippen molar-refractivity contribution in [3.05, 3.63) is 82.1 Å². The molecule has 174 valence electrons. The largest absolute Gasteiger partial charge is 0.477 e. The van der Waals surface area contributed by atoms with Crippen LogP contribution in [-0.4, -0.2) is 30.8 Å². The van der Waals surface area contributed by atoms with Gasteiger partial charge in [-0.05, 0) is 36.4 Å². The predicted octanol–water partition coefficient (Wildman–Crippen LogP) is 4.23. The molecule has 0 aliphatic carbocycles. The maximum atomic E-state index is 15.1. The Morgan fingerprint density at radius 3 is 2.77 bits per heavy atom. The van der Waals surface area contributed by atoms with E-state index in [9.17, 15) is 19.1 Å². The number of nitrogens with one attached hydrogen (secondary N) is 2. The molecule has 0 unspecified atom stereocenters. The molecule has 0 radical (unpaired) electrons. The number of carbonyl (C=O) groups is 1. The molecule has 11 heteroatoms. The highest BCUT2D eigenvalue weighted by atomic mass is 19.1. The fourth-order valence-corrected chi connectivity index (χ4v) is 4.57. The minimum atomic E-state index is -1.38. The van der Waals surface area contributed by atoms with E-state index in [1.54, 1.807) is 6.07 Å². The van der Waals surface area contributed by atoms with E-state index in [0.29, 0.717) is 10.9 Å². The van der Waals surface area contributed by atoms with Gasteiger partial charge in [-0.25, -0.2) is 13.6 Å². The summed E-state index contributed by atoms with van der Waals surface area (Å²) in [6.07, 6.45) is 2.69. The van der Waals surface area contributed by atoms with Crippen LogP contribution in [0.25, 0.3) is 43.9 Å². The highest BCUT2D eigenvalue weighted by molar-refractivity contribution is 6.17. The average Bonchev–Trinajstić information content (AvgIpc) is 3.52. The van der Waals surface area contributed by atoms with Crippen LogP contribution in [0.2, 0.25) is 0 Å². The van der Waals surface area contributed by atoms with Crippen LogP contribution >= 0.6 is 0 Å². The summed E-state index contributed by atoms with van der Waals surface area (Å²) >= 11 is 0. The van der Waals surface area contributed by atoms with Crippen LogP contribution in [0.3, 0.4) is 0 Å². The molecule has 0 saturated carbocycles. The normalized spacial score (nSPS) is 11.7. The highest BCUT2D eigenvalue weighted by Crippen LogP contribution is 2.40. The predicted molar refractivity (Wildman–Crippen MR) is 124 cm³/mol. The van der Waals surface area contributed by atoms with Gasteiger partial charge in [0, 0.05) is 22.7 Å². The van der Waals surface area contributed by atoms with E-state index in [0.717, 1.165) is 6.07 Å². The number of furan rings is 1. The molecule has 6 rings (SSSR count). The molecule has 4 aromatic heterocycles. The number of halogens is 2. The Bertz CT molecular complexity index is 1880. The molecule has 0 aliphatic rings. The number of nitrogens with two attached hydrogens (primary N) is 1. The van der Waals surface area contributed by atoms with Crippen molar-refractivity contribution < 1.29 is 23.1 Å². The van der Waals surface area contributed by atoms with E-state index in [-0.39, 0.29) is 56.6 Å². The van der Waals surface area contributed by atoms with E-state index in [4.69, 9.17) is 10.2 Å². The minimum absolute atomic E-state index is 0.0431. The average molecular weight is 475 g/mol. The van der Waals surface area contributed by atoms with Crippen LogP contribution in [0.15, 0.2) is 58.1 Å². The molecule has 0 bridgehead atoms. The lowest BCUT2D eigenvalue weighted by Gasteiger charge is -2.11. The molecule has 6 aromatic rings. The topological polar surface area (TPSA) is 143 Å². The maximum absolute atomic E-state index is 15.1. The van der Waals surface area contributed by atoms with Gasteiger partial charge in [-0.15, -0.1) is 0 Å². The number of fused-ring (bicyclic) bond motifs is 4. The van der Waals surface area contributed by atoms with Crippen molar-refractivity contribution in [1.82, 2.24) is 19.7 Å². The number of H-pyrrole nitrogens is 2. The third-order valence-corrected chi connectivity index (χ3v) is 6.09. The van der Waals surface area contributed by atoms with Crippen molar-refractivity contribution in [2.45, 2.75) is 6.54 Å². The van der Waals surface area contributed by atoms with Crippen LogP contribution < -0.4 is 11.3 Å². The first-order chi connectivity index (χ1) is 16.8. The van der Waals surface area contributed by atoms with Crippen molar-refractivity contribution in [2.75, 3.05) is 5.73 Å². The number of hydrogen-bond acceptors (Lipinski definition) is 5. The second-order valence-corrected chi connectivity index (χ2v) is 8.04. The number of aromatic amines is 2. The number of aromatic nitrogens is 4. The minimum Gasteiger partial charge on any atom is -0.477 e. The molecule has 0 aliphatic heterocycles. The van der Waals surface area contributed by atoms with Gasteiger partial charge in [0.25, 0.3) is 5.56 Å². The van der Waals surface area contributed by atoms with Gasteiger partial charge >= 0.3 is 5.97 Å². The first-order valence-electron chi connectivity index (χ1n) is 10.4. The first-order valence-corrected chi connectivity index (χ1v) is 10.4. The smallest absolute Gasteiger partial charge is 0.353 e. The lowest BCUT2D eigenvalue weighted by Crippen LogP contribution is -2.14. The summed E-state index contributed by atoms with van der Waals surface area (Å²) in [5.74, 6) is -2.56. The van der Waals surface area contributed by atoms with Crippen LogP contribution in [0.1, 0.15) is 16.1 Å². The molecule has 2 aromatic carbocycles. The molecule has 5 N–H and O–H groups in total. The van der Waals surface area contributed by atoms with Gasteiger partial charge in [-0.3, -0.25) is 9.89 Å². The van der Waals surface area contributed by atoms with Crippen LogP contribution in [-0.2, 0) is 6.54 Å². The second-order valence-electron chi connectivity index (χ2n) is 8.04. The molecular weight excluding hydrogens is 460 g/mol. The van der Waals surface area contributed by atoms with E-state index < -0.39 is 23.2 Å². The third kappa shape index (κ3) is 2.94. The maximum Gasteiger partial charge on any atom is 0.353 e. The number of aromatic carboxylic acids is 1. The van der Waals surface area contributed by atoms with Gasteiger partial charge in [-0.1, -0.05) is 0 Å². The van der Waals surface area contributed by atoms with Crippen molar-refractivity contribution in [1.29, 1.82) is 0 Å². The summed E-state index contributed by atoms with van der Waals surface area (Å²) < 4.78 is 36.9. The quantitative estimate of drug-likeness (QED) is 0.301. The molecule has 0 fully saturated rings. The number of carboxylic acid groups (broad SMARTS) is 1. The van der Waals surface area contributed by atoms with Gasteiger partial charge in [0.05, 0.1) is 40.2 Å². The number of pyridine rings is 1. The standard InChI is InChI=1S/C24H15F2N5O4/c25-14-7-13-16(29-30-22(13)27)6-10(14)9-31-17-8-15(26)11-3-5-35-21(11)19(17)18(20(31)24(33)34)12-2-1-4-28-23(12)32/h1-8H,9H2,(H,28,32)(H,33,34)(H3,27,29,30). The number of rotatable bonds is 4.